The third-order valence-electron chi connectivity index (χ3n) is 5.00. The number of amides is 2. The summed E-state index contributed by atoms with van der Waals surface area (Å²) >= 11 is 0. The summed E-state index contributed by atoms with van der Waals surface area (Å²) in [5.74, 6) is 0.482. The van der Waals surface area contributed by atoms with E-state index < -0.39 is 5.54 Å². The summed E-state index contributed by atoms with van der Waals surface area (Å²) in [6, 6.07) is 0.219. The normalized spacial score (nSPS) is 34.2. The standard InChI is InChI=1S/C15H27N3O2/c1-10-9-11(16)5-6-12(10)13(19)18-8-7-17(4)14(20)15(18,2)3/h10-12H,5-9,16H2,1-4H3. The molecule has 1 heterocycles. The molecule has 3 unspecified atom stereocenters. The van der Waals surface area contributed by atoms with E-state index in [4.69, 9.17) is 5.73 Å². The Kier molecular flexibility index (Phi) is 4.09. The fraction of sp³-hybridized carbons (Fsp3) is 0.867. The third-order valence-corrected chi connectivity index (χ3v) is 5.00. The predicted octanol–water partition coefficient (Wildman–Crippen LogP) is 0.829. The molecule has 3 atom stereocenters. The fourth-order valence-electron chi connectivity index (χ4n) is 3.60. The van der Waals surface area contributed by atoms with Crippen LogP contribution in [-0.2, 0) is 9.59 Å². The minimum Gasteiger partial charge on any atom is -0.342 e. The van der Waals surface area contributed by atoms with Gasteiger partial charge in [0.05, 0.1) is 0 Å². The zero-order valence-corrected chi connectivity index (χ0v) is 13.1. The summed E-state index contributed by atoms with van der Waals surface area (Å²) in [5, 5.41) is 0. The van der Waals surface area contributed by atoms with E-state index in [1.165, 1.54) is 0 Å². The summed E-state index contributed by atoms with van der Waals surface area (Å²) in [4.78, 5) is 28.6. The first-order chi connectivity index (χ1) is 9.25. The molecule has 1 saturated carbocycles. The SMILES string of the molecule is CC1CC(N)CCC1C(=O)N1CCN(C)C(=O)C1(C)C. The molecule has 2 amide bonds. The van der Waals surface area contributed by atoms with E-state index in [0.29, 0.717) is 19.0 Å². The summed E-state index contributed by atoms with van der Waals surface area (Å²) in [6.07, 6.45) is 2.65. The molecule has 0 aromatic heterocycles. The van der Waals surface area contributed by atoms with Crippen LogP contribution in [0.2, 0.25) is 0 Å². The van der Waals surface area contributed by atoms with E-state index in [1.807, 2.05) is 13.8 Å². The molecule has 0 radical (unpaired) electrons. The van der Waals surface area contributed by atoms with Crippen LogP contribution >= 0.6 is 0 Å². The first-order valence-corrected chi connectivity index (χ1v) is 7.57. The zero-order valence-electron chi connectivity index (χ0n) is 13.1. The molecule has 5 nitrogen and oxygen atoms in total. The summed E-state index contributed by atoms with van der Waals surface area (Å²) in [5.41, 5.74) is 5.24. The van der Waals surface area contributed by atoms with Crippen LogP contribution in [0, 0.1) is 11.8 Å². The Bertz CT molecular complexity index is 408. The maximum Gasteiger partial charge on any atom is 0.247 e. The van der Waals surface area contributed by atoms with Crippen molar-refractivity contribution in [1.29, 1.82) is 0 Å². The molecule has 2 rings (SSSR count). The number of rotatable bonds is 1. The van der Waals surface area contributed by atoms with E-state index in [2.05, 4.69) is 6.92 Å². The van der Waals surface area contributed by atoms with Gasteiger partial charge in [0.2, 0.25) is 11.8 Å². The molecular formula is C15H27N3O2. The van der Waals surface area contributed by atoms with E-state index in [1.54, 1.807) is 16.8 Å². The number of hydrogen-bond donors (Lipinski definition) is 1. The highest BCUT2D eigenvalue weighted by molar-refractivity contribution is 5.92. The van der Waals surface area contributed by atoms with Crippen LogP contribution in [0.1, 0.15) is 40.0 Å². The molecule has 2 fully saturated rings. The number of hydrogen-bond acceptors (Lipinski definition) is 3. The second kappa shape index (κ2) is 5.35. The molecule has 1 aliphatic heterocycles. The Balaban J connectivity index is 2.14. The zero-order chi connectivity index (χ0) is 15.1. The van der Waals surface area contributed by atoms with Crippen LogP contribution in [-0.4, -0.2) is 53.3 Å². The van der Waals surface area contributed by atoms with Crippen LogP contribution < -0.4 is 5.73 Å². The number of nitrogens with zero attached hydrogens (tertiary/aromatic N) is 2. The molecule has 0 bridgehead atoms. The molecular weight excluding hydrogens is 254 g/mol. The monoisotopic (exact) mass is 281 g/mol. The van der Waals surface area contributed by atoms with E-state index in [9.17, 15) is 9.59 Å². The smallest absolute Gasteiger partial charge is 0.247 e. The summed E-state index contributed by atoms with van der Waals surface area (Å²) < 4.78 is 0. The number of carbonyl (C=O) groups is 2. The quantitative estimate of drug-likeness (QED) is 0.774. The van der Waals surface area contributed by atoms with Crippen molar-refractivity contribution >= 4 is 11.8 Å². The van der Waals surface area contributed by atoms with E-state index in [-0.39, 0.29) is 23.8 Å². The second-order valence-corrected chi connectivity index (χ2v) is 6.93. The van der Waals surface area contributed by atoms with Gasteiger partial charge in [-0.05, 0) is 39.0 Å². The van der Waals surface area contributed by atoms with Gasteiger partial charge in [0.1, 0.15) is 5.54 Å². The molecule has 20 heavy (non-hydrogen) atoms. The third kappa shape index (κ3) is 2.55. The van der Waals surface area contributed by atoms with E-state index in [0.717, 1.165) is 19.3 Å². The van der Waals surface area contributed by atoms with Gasteiger partial charge in [-0.1, -0.05) is 6.92 Å². The number of likely N-dealkylation sites (N-methyl/N-ethyl adjacent to an activating group) is 1. The molecule has 0 spiro atoms. The van der Waals surface area contributed by atoms with Gasteiger partial charge in [-0.2, -0.15) is 0 Å². The van der Waals surface area contributed by atoms with Gasteiger partial charge in [-0.25, -0.2) is 0 Å². The minimum absolute atomic E-state index is 0.0188. The number of nitrogens with two attached hydrogens (primary N) is 1. The van der Waals surface area contributed by atoms with Crippen molar-refractivity contribution < 1.29 is 9.59 Å². The molecule has 2 aliphatic rings. The second-order valence-electron chi connectivity index (χ2n) is 6.93. The molecule has 0 aromatic carbocycles. The van der Waals surface area contributed by atoms with Crippen LogP contribution in [0.4, 0.5) is 0 Å². The van der Waals surface area contributed by atoms with Crippen molar-refractivity contribution in [2.45, 2.75) is 51.6 Å². The lowest BCUT2D eigenvalue weighted by molar-refractivity contribution is -0.161. The highest BCUT2D eigenvalue weighted by Gasteiger charge is 2.45. The van der Waals surface area contributed by atoms with Crippen LogP contribution in [0.25, 0.3) is 0 Å². The van der Waals surface area contributed by atoms with Crippen molar-refractivity contribution in [3.63, 3.8) is 0 Å². The molecule has 0 aromatic rings. The minimum atomic E-state index is -0.733. The van der Waals surface area contributed by atoms with Gasteiger partial charge in [0, 0.05) is 32.1 Å². The van der Waals surface area contributed by atoms with Crippen molar-refractivity contribution in [2.24, 2.45) is 17.6 Å². The molecule has 2 N–H and O–H groups in total. The van der Waals surface area contributed by atoms with Crippen molar-refractivity contribution in [3.8, 4) is 0 Å². The van der Waals surface area contributed by atoms with Gasteiger partial charge >= 0.3 is 0 Å². The highest BCUT2D eigenvalue weighted by atomic mass is 16.2. The van der Waals surface area contributed by atoms with Gasteiger partial charge in [0.15, 0.2) is 0 Å². The predicted molar refractivity (Wildman–Crippen MR) is 77.9 cm³/mol. The largest absolute Gasteiger partial charge is 0.342 e. The number of piperazine rings is 1. The van der Waals surface area contributed by atoms with Gasteiger partial charge in [0.25, 0.3) is 0 Å². The van der Waals surface area contributed by atoms with E-state index >= 15 is 0 Å². The van der Waals surface area contributed by atoms with Crippen molar-refractivity contribution in [3.05, 3.63) is 0 Å². The maximum atomic E-state index is 12.9. The molecule has 1 aliphatic carbocycles. The lowest BCUT2D eigenvalue weighted by Gasteiger charge is -2.47. The Morgan fingerprint density at radius 1 is 1.30 bits per heavy atom. The lowest BCUT2D eigenvalue weighted by Crippen LogP contribution is -2.65. The molecule has 1 saturated heterocycles. The lowest BCUT2D eigenvalue weighted by atomic mass is 9.76. The Labute approximate surface area is 121 Å². The first kappa shape index (κ1) is 15.3. The fourth-order valence-corrected chi connectivity index (χ4v) is 3.60. The Morgan fingerprint density at radius 2 is 1.95 bits per heavy atom. The number of carbonyl (C=O) groups excluding carboxylic acids is 2. The van der Waals surface area contributed by atoms with Crippen molar-refractivity contribution in [2.75, 3.05) is 20.1 Å². The van der Waals surface area contributed by atoms with Gasteiger partial charge < -0.3 is 15.5 Å². The molecule has 114 valence electrons. The Hall–Kier alpha value is -1.10. The average molecular weight is 281 g/mol. The van der Waals surface area contributed by atoms with Crippen molar-refractivity contribution in [1.82, 2.24) is 9.80 Å². The van der Waals surface area contributed by atoms with Gasteiger partial charge in [-0.15, -0.1) is 0 Å². The average Bonchev–Trinajstić information content (AvgIpc) is 2.35. The molecule has 5 heteroatoms. The van der Waals surface area contributed by atoms with Crippen LogP contribution in [0.3, 0.4) is 0 Å². The van der Waals surface area contributed by atoms with Crippen LogP contribution in [0.15, 0.2) is 0 Å². The Morgan fingerprint density at radius 3 is 2.55 bits per heavy atom. The highest BCUT2D eigenvalue weighted by Crippen LogP contribution is 2.33. The summed E-state index contributed by atoms with van der Waals surface area (Å²) in [6.45, 7) is 7.05. The topological polar surface area (TPSA) is 66.6 Å². The first-order valence-electron chi connectivity index (χ1n) is 7.57. The van der Waals surface area contributed by atoms with Gasteiger partial charge in [-0.3, -0.25) is 9.59 Å². The summed E-state index contributed by atoms with van der Waals surface area (Å²) in [7, 11) is 1.80. The van der Waals surface area contributed by atoms with Crippen LogP contribution in [0.5, 0.6) is 0 Å². The maximum absolute atomic E-state index is 12.9.